The van der Waals surface area contributed by atoms with Gasteiger partial charge in [0.15, 0.2) is 0 Å². The molecule has 0 spiro atoms. The molecule has 0 bridgehead atoms. The number of unbranched alkanes of at least 4 members (excludes halogenated alkanes) is 1. The third-order valence-corrected chi connectivity index (χ3v) is 8.74. The molecule has 0 aliphatic carbocycles. The van der Waals surface area contributed by atoms with E-state index in [0.717, 1.165) is 6.54 Å². The minimum Gasteiger partial charge on any atom is -0.304 e. The minimum atomic E-state index is 0.505. The summed E-state index contributed by atoms with van der Waals surface area (Å²) in [6.07, 6.45) is 3.74. The van der Waals surface area contributed by atoms with Gasteiger partial charge in [-0.2, -0.15) is 0 Å². The van der Waals surface area contributed by atoms with Gasteiger partial charge in [-0.15, -0.1) is 0 Å². The Morgan fingerprint density at radius 1 is 0.676 bits per heavy atom. The maximum absolute atomic E-state index is 2.73. The Morgan fingerprint density at radius 2 is 1.35 bits per heavy atom. The van der Waals surface area contributed by atoms with Crippen molar-refractivity contribution in [1.82, 2.24) is 19.6 Å². The highest BCUT2D eigenvalue weighted by Crippen LogP contribution is 2.26. The number of aryl methyl sites for hydroxylation is 3. The second kappa shape index (κ2) is 12.5. The molecule has 0 amide bonds. The topological polar surface area (TPSA) is 13.0 Å². The molecule has 2 fully saturated rings. The molecule has 1 atom stereocenters. The van der Waals surface area contributed by atoms with Gasteiger partial charge < -0.3 is 9.80 Å². The third-order valence-electron chi connectivity index (χ3n) is 8.74. The summed E-state index contributed by atoms with van der Waals surface area (Å²) in [6, 6.07) is 23.4. The quantitative estimate of drug-likeness (QED) is 0.367. The fourth-order valence-electron chi connectivity index (χ4n) is 6.17. The smallest absolute Gasteiger partial charge is 0.0476 e. The Morgan fingerprint density at radius 3 is 2.08 bits per heavy atom. The Hall–Kier alpha value is -2.24. The van der Waals surface area contributed by atoms with Crippen molar-refractivity contribution in [2.45, 2.75) is 39.2 Å². The first-order chi connectivity index (χ1) is 18.1. The van der Waals surface area contributed by atoms with Gasteiger partial charge in [-0.05, 0) is 74.2 Å². The van der Waals surface area contributed by atoms with Crippen LogP contribution in [0.3, 0.4) is 0 Å². The predicted octanol–water partition coefficient (Wildman–Crippen LogP) is 5.39. The lowest BCUT2D eigenvalue weighted by molar-refractivity contribution is 0.0635. The molecule has 2 aliphatic rings. The zero-order valence-corrected chi connectivity index (χ0v) is 23.3. The SMILES string of the molecule is Cc1ccc(C(CN2CCN(CCCCc3ccc(C)c4ccccc34)CC2)N2CCN(C)CC2)cc1. The van der Waals surface area contributed by atoms with Gasteiger partial charge in [0.1, 0.15) is 0 Å². The van der Waals surface area contributed by atoms with E-state index in [1.54, 1.807) is 0 Å². The van der Waals surface area contributed by atoms with Crippen LogP contribution in [0.5, 0.6) is 0 Å². The van der Waals surface area contributed by atoms with Crippen LogP contribution < -0.4 is 0 Å². The third kappa shape index (κ3) is 6.80. The first kappa shape index (κ1) is 26.4. The second-order valence-electron chi connectivity index (χ2n) is 11.5. The molecule has 2 heterocycles. The van der Waals surface area contributed by atoms with Crippen LogP contribution in [0.4, 0.5) is 0 Å². The van der Waals surface area contributed by atoms with E-state index in [-0.39, 0.29) is 0 Å². The van der Waals surface area contributed by atoms with Crippen molar-refractivity contribution in [2.24, 2.45) is 0 Å². The van der Waals surface area contributed by atoms with Crippen molar-refractivity contribution in [3.8, 4) is 0 Å². The minimum absolute atomic E-state index is 0.505. The highest BCUT2D eigenvalue weighted by molar-refractivity contribution is 5.88. The summed E-state index contributed by atoms with van der Waals surface area (Å²) < 4.78 is 0. The van der Waals surface area contributed by atoms with Crippen molar-refractivity contribution < 1.29 is 0 Å². The first-order valence-corrected chi connectivity index (χ1v) is 14.5. The van der Waals surface area contributed by atoms with E-state index in [1.807, 2.05) is 0 Å². The number of rotatable bonds is 9. The average molecular weight is 499 g/mol. The van der Waals surface area contributed by atoms with Crippen LogP contribution in [0.25, 0.3) is 10.8 Å². The van der Waals surface area contributed by atoms with Gasteiger partial charge in [0.05, 0.1) is 0 Å². The van der Waals surface area contributed by atoms with Crippen LogP contribution in [-0.4, -0.2) is 92.1 Å². The molecule has 0 N–H and O–H groups in total. The van der Waals surface area contributed by atoms with Crippen LogP contribution in [0.15, 0.2) is 60.7 Å². The van der Waals surface area contributed by atoms with Gasteiger partial charge >= 0.3 is 0 Å². The molecule has 4 nitrogen and oxygen atoms in total. The summed E-state index contributed by atoms with van der Waals surface area (Å²) >= 11 is 0. The summed E-state index contributed by atoms with van der Waals surface area (Å²) in [6.45, 7) is 16.3. The zero-order chi connectivity index (χ0) is 25.6. The summed E-state index contributed by atoms with van der Waals surface area (Å²) in [7, 11) is 2.25. The molecule has 1 unspecified atom stereocenters. The molecule has 3 aromatic rings. The van der Waals surface area contributed by atoms with E-state index in [2.05, 4.69) is 101 Å². The Labute approximate surface area is 224 Å². The van der Waals surface area contributed by atoms with Crippen molar-refractivity contribution in [2.75, 3.05) is 72.5 Å². The molecule has 0 radical (unpaired) electrons. The summed E-state index contributed by atoms with van der Waals surface area (Å²) in [4.78, 5) is 10.6. The predicted molar refractivity (Wildman–Crippen MR) is 157 cm³/mol. The van der Waals surface area contributed by atoms with Crippen LogP contribution in [0, 0.1) is 13.8 Å². The second-order valence-corrected chi connectivity index (χ2v) is 11.5. The Balaban J connectivity index is 1.09. The van der Waals surface area contributed by atoms with Gasteiger partial charge in [0.2, 0.25) is 0 Å². The van der Waals surface area contributed by atoms with Gasteiger partial charge in [-0.3, -0.25) is 9.80 Å². The molecule has 3 aromatic carbocycles. The monoisotopic (exact) mass is 498 g/mol. The molecule has 0 aromatic heterocycles. The van der Waals surface area contributed by atoms with Gasteiger partial charge in [-0.1, -0.05) is 66.2 Å². The highest BCUT2D eigenvalue weighted by atomic mass is 15.3. The Bertz CT molecular complexity index is 1120. The van der Waals surface area contributed by atoms with Crippen molar-refractivity contribution in [1.29, 1.82) is 0 Å². The standard InChI is InChI=1S/C33H46N4/c1-27-11-14-30(15-12-27)33(37-24-18-34(3)19-25-37)26-36-22-20-35(21-23-36)17-7-6-8-29-16-13-28(2)31-9-4-5-10-32(29)31/h4-5,9-16,33H,6-8,17-26H2,1-3H3. The molecule has 4 heteroatoms. The van der Waals surface area contributed by atoms with E-state index in [9.17, 15) is 0 Å². The number of piperazine rings is 2. The summed E-state index contributed by atoms with van der Waals surface area (Å²) in [5.41, 5.74) is 5.73. The van der Waals surface area contributed by atoms with E-state index < -0.39 is 0 Å². The van der Waals surface area contributed by atoms with E-state index in [4.69, 9.17) is 0 Å². The molecule has 0 saturated carbocycles. The number of likely N-dealkylation sites (N-methyl/N-ethyl adjacent to an activating group) is 1. The maximum Gasteiger partial charge on any atom is 0.0476 e. The fourth-order valence-corrected chi connectivity index (χ4v) is 6.17. The number of fused-ring (bicyclic) bond motifs is 1. The lowest BCUT2D eigenvalue weighted by atomic mass is 9.97. The highest BCUT2D eigenvalue weighted by Gasteiger charge is 2.27. The fraction of sp³-hybridized carbons (Fsp3) is 0.515. The molecular weight excluding hydrogens is 452 g/mol. The van der Waals surface area contributed by atoms with Crippen LogP contribution >= 0.6 is 0 Å². The molecule has 2 aliphatic heterocycles. The number of benzene rings is 3. The number of hydrogen-bond acceptors (Lipinski definition) is 4. The van der Waals surface area contributed by atoms with E-state index >= 15 is 0 Å². The van der Waals surface area contributed by atoms with Crippen molar-refractivity contribution in [3.63, 3.8) is 0 Å². The van der Waals surface area contributed by atoms with Crippen LogP contribution in [-0.2, 0) is 6.42 Å². The number of nitrogens with zero attached hydrogens (tertiary/aromatic N) is 4. The lowest BCUT2D eigenvalue weighted by Gasteiger charge is -2.42. The summed E-state index contributed by atoms with van der Waals surface area (Å²) in [5, 5.41) is 2.86. The number of hydrogen-bond donors (Lipinski definition) is 0. The van der Waals surface area contributed by atoms with E-state index in [1.165, 1.54) is 111 Å². The molecule has 5 rings (SSSR count). The Kier molecular flexibility index (Phi) is 8.93. The van der Waals surface area contributed by atoms with Crippen LogP contribution in [0.2, 0.25) is 0 Å². The average Bonchev–Trinajstić information content (AvgIpc) is 2.93. The zero-order valence-electron chi connectivity index (χ0n) is 23.3. The maximum atomic E-state index is 2.73. The summed E-state index contributed by atoms with van der Waals surface area (Å²) in [5.74, 6) is 0. The van der Waals surface area contributed by atoms with Crippen molar-refractivity contribution in [3.05, 3.63) is 82.9 Å². The largest absolute Gasteiger partial charge is 0.304 e. The first-order valence-electron chi connectivity index (χ1n) is 14.5. The van der Waals surface area contributed by atoms with Gasteiger partial charge in [-0.25, -0.2) is 0 Å². The van der Waals surface area contributed by atoms with E-state index in [0.29, 0.717) is 6.04 Å². The van der Waals surface area contributed by atoms with Crippen molar-refractivity contribution >= 4 is 10.8 Å². The van der Waals surface area contributed by atoms with Gasteiger partial charge in [0.25, 0.3) is 0 Å². The van der Waals surface area contributed by atoms with Gasteiger partial charge in [0, 0.05) is 64.9 Å². The molecule has 2 saturated heterocycles. The van der Waals surface area contributed by atoms with Crippen LogP contribution in [0.1, 0.15) is 41.1 Å². The molecule has 37 heavy (non-hydrogen) atoms. The lowest BCUT2D eigenvalue weighted by Crippen LogP contribution is -2.52. The molecular formula is C33H46N4. The normalized spacial score (nSPS) is 19.4. The molecule has 198 valence electrons.